The van der Waals surface area contributed by atoms with E-state index < -0.39 is 57.8 Å². The van der Waals surface area contributed by atoms with E-state index in [-0.39, 0.29) is 25.9 Å². The standard InChI is InChI=1S/C58H99O11P/c1-4-7-10-13-16-19-21-23-25-27-29-31-33-36-39-42-45-48-57(61)68-54(50-59)52-66-70(63,64)67-53-55(51-65-56(60)47-44-41-38-35-18-15-12-9-6-3)69-58(62)49-46-43-40-37-34-32-30-28-26-24-22-20-17-14-11-8-5-2/h7-8,10-11,16-17,19-20,23-26,30,32,54-55,59H,4-6,9,12-15,18,21-22,27-29,31,33-53H2,1-3H3,(H,63,64)/b10-7-,11-8-,19-16-,20-17-,25-23-,26-24-,32-30-. The molecule has 70 heavy (non-hydrogen) atoms. The fraction of sp³-hybridized carbons (Fsp3) is 0.707. The summed E-state index contributed by atoms with van der Waals surface area (Å²) in [5, 5.41) is 9.80. The number of aliphatic hydroxyl groups excluding tert-OH is 1. The second kappa shape index (κ2) is 52.0. The quantitative estimate of drug-likeness (QED) is 0.0197. The van der Waals surface area contributed by atoms with Crippen molar-refractivity contribution in [3.63, 3.8) is 0 Å². The maximum absolute atomic E-state index is 12.9. The predicted octanol–water partition coefficient (Wildman–Crippen LogP) is 15.9. The number of esters is 3. The molecule has 0 aliphatic carbocycles. The van der Waals surface area contributed by atoms with Gasteiger partial charge in [-0.15, -0.1) is 0 Å². The maximum Gasteiger partial charge on any atom is 0.472 e. The molecule has 0 aromatic carbocycles. The average molecular weight is 1000 g/mol. The molecule has 0 bridgehead atoms. The lowest BCUT2D eigenvalue weighted by atomic mass is 10.1. The number of hydrogen-bond donors (Lipinski definition) is 2. The van der Waals surface area contributed by atoms with Gasteiger partial charge in [0.15, 0.2) is 6.10 Å². The molecule has 11 nitrogen and oxygen atoms in total. The third kappa shape index (κ3) is 49.6. The lowest BCUT2D eigenvalue weighted by Gasteiger charge is -2.21. The van der Waals surface area contributed by atoms with Gasteiger partial charge in [0, 0.05) is 19.3 Å². The predicted molar refractivity (Wildman–Crippen MR) is 288 cm³/mol. The molecule has 0 aliphatic rings. The van der Waals surface area contributed by atoms with Crippen LogP contribution in [0.25, 0.3) is 0 Å². The molecule has 402 valence electrons. The number of phosphoric ester groups is 1. The first-order valence-electron chi connectivity index (χ1n) is 27.5. The molecule has 0 aromatic heterocycles. The van der Waals surface area contributed by atoms with Crippen LogP contribution in [-0.4, -0.2) is 66.5 Å². The number of rotatable bonds is 50. The Morgan fingerprint density at radius 1 is 0.414 bits per heavy atom. The van der Waals surface area contributed by atoms with Crippen LogP contribution in [0.15, 0.2) is 85.1 Å². The molecular weight excluding hydrogens is 904 g/mol. The maximum atomic E-state index is 12.9. The Balaban J connectivity index is 4.69. The summed E-state index contributed by atoms with van der Waals surface area (Å²) in [6.45, 7) is 4.35. The first-order chi connectivity index (χ1) is 34.2. The topological polar surface area (TPSA) is 155 Å². The minimum Gasteiger partial charge on any atom is -0.462 e. The van der Waals surface area contributed by atoms with E-state index in [9.17, 15) is 28.9 Å². The van der Waals surface area contributed by atoms with Crippen molar-refractivity contribution in [3.05, 3.63) is 85.1 Å². The Hall–Kier alpha value is -3.34. The van der Waals surface area contributed by atoms with Crippen molar-refractivity contribution >= 4 is 25.7 Å². The van der Waals surface area contributed by atoms with Crippen molar-refractivity contribution in [1.82, 2.24) is 0 Å². The zero-order chi connectivity index (χ0) is 51.3. The second-order valence-corrected chi connectivity index (χ2v) is 19.4. The van der Waals surface area contributed by atoms with Gasteiger partial charge in [0.1, 0.15) is 12.7 Å². The highest BCUT2D eigenvalue weighted by Crippen LogP contribution is 2.43. The van der Waals surface area contributed by atoms with Crippen LogP contribution in [0.2, 0.25) is 0 Å². The molecule has 0 heterocycles. The molecule has 3 unspecified atom stereocenters. The zero-order valence-corrected chi connectivity index (χ0v) is 45.1. The highest BCUT2D eigenvalue weighted by atomic mass is 31.2. The number of carbonyl (C=O) groups excluding carboxylic acids is 3. The van der Waals surface area contributed by atoms with Crippen LogP contribution in [0.4, 0.5) is 0 Å². The molecule has 0 aromatic rings. The van der Waals surface area contributed by atoms with E-state index in [1.54, 1.807) is 0 Å². The van der Waals surface area contributed by atoms with Crippen molar-refractivity contribution in [1.29, 1.82) is 0 Å². The smallest absolute Gasteiger partial charge is 0.462 e. The van der Waals surface area contributed by atoms with E-state index in [2.05, 4.69) is 106 Å². The zero-order valence-electron chi connectivity index (χ0n) is 44.2. The molecule has 0 saturated heterocycles. The van der Waals surface area contributed by atoms with Crippen LogP contribution in [0, 0.1) is 0 Å². The molecular formula is C58H99O11P. The number of phosphoric acid groups is 1. The van der Waals surface area contributed by atoms with Gasteiger partial charge in [-0.3, -0.25) is 23.4 Å². The monoisotopic (exact) mass is 1000 g/mol. The van der Waals surface area contributed by atoms with Crippen molar-refractivity contribution in [2.75, 3.05) is 26.4 Å². The molecule has 12 heteroatoms. The normalized spacial score (nSPS) is 14.1. The molecule has 2 N–H and O–H groups in total. The Labute approximate surface area is 426 Å². The number of unbranched alkanes of at least 4 members (excludes halogenated alkanes) is 19. The van der Waals surface area contributed by atoms with Gasteiger partial charge < -0.3 is 24.2 Å². The highest BCUT2D eigenvalue weighted by molar-refractivity contribution is 7.47. The SMILES string of the molecule is CC/C=C\C/C=C\C/C=C\C/C=C\CCCCCCC(=O)OC(COC(=O)CCCCCCCCCCC)COP(=O)(O)OCC(CO)OC(=O)CCCCCCCCC/C=C\C/C=C\C/C=C\CC. The van der Waals surface area contributed by atoms with E-state index in [0.29, 0.717) is 19.3 Å². The largest absolute Gasteiger partial charge is 0.472 e. The van der Waals surface area contributed by atoms with Crippen LogP contribution >= 0.6 is 7.82 Å². The van der Waals surface area contributed by atoms with E-state index >= 15 is 0 Å². The Morgan fingerprint density at radius 3 is 1.14 bits per heavy atom. The number of allylic oxidation sites excluding steroid dienone is 14. The fourth-order valence-corrected chi connectivity index (χ4v) is 7.97. The van der Waals surface area contributed by atoms with Crippen molar-refractivity contribution in [3.8, 4) is 0 Å². The molecule has 3 atom stereocenters. The summed E-state index contributed by atoms with van der Waals surface area (Å²) in [4.78, 5) is 48.4. The van der Waals surface area contributed by atoms with E-state index in [1.165, 1.54) is 44.9 Å². The second-order valence-electron chi connectivity index (χ2n) is 18.0. The minimum absolute atomic E-state index is 0.137. The fourth-order valence-electron chi connectivity index (χ4n) is 7.18. The van der Waals surface area contributed by atoms with E-state index in [4.69, 9.17) is 23.3 Å². The molecule has 0 amide bonds. The average Bonchev–Trinajstić information content (AvgIpc) is 3.35. The van der Waals surface area contributed by atoms with Crippen LogP contribution < -0.4 is 0 Å². The van der Waals surface area contributed by atoms with Gasteiger partial charge in [-0.2, -0.15) is 0 Å². The van der Waals surface area contributed by atoms with Gasteiger partial charge in [-0.1, -0.05) is 202 Å². The van der Waals surface area contributed by atoms with E-state index in [1.807, 2.05) is 0 Å². The Kier molecular flexibility index (Phi) is 49.5. The van der Waals surface area contributed by atoms with Gasteiger partial charge in [-0.05, 0) is 89.9 Å². The van der Waals surface area contributed by atoms with Crippen LogP contribution in [0.3, 0.4) is 0 Å². The third-order valence-corrected chi connectivity index (χ3v) is 12.3. The van der Waals surface area contributed by atoms with Crippen LogP contribution in [0.1, 0.15) is 226 Å². The molecule has 0 fully saturated rings. The van der Waals surface area contributed by atoms with Gasteiger partial charge >= 0.3 is 25.7 Å². The number of hydrogen-bond acceptors (Lipinski definition) is 10. The summed E-state index contributed by atoms with van der Waals surface area (Å²) >= 11 is 0. The number of aliphatic hydroxyl groups is 1. The lowest BCUT2D eigenvalue weighted by Crippen LogP contribution is -2.30. The number of carbonyl (C=O) groups is 3. The molecule has 0 aliphatic heterocycles. The summed E-state index contributed by atoms with van der Waals surface area (Å²) in [5.41, 5.74) is 0. The van der Waals surface area contributed by atoms with Gasteiger partial charge in [-0.25, -0.2) is 4.57 Å². The third-order valence-electron chi connectivity index (χ3n) is 11.3. The lowest BCUT2D eigenvalue weighted by molar-refractivity contribution is -0.161. The summed E-state index contributed by atoms with van der Waals surface area (Å²) in [7, 11) is -4.75. The molecule has 0 rings (SSSR count). The van der Waals surface area contributed by atoms with Gasteiger partial charge in [0.05, 0.1) is 19.8 Å². The minimum atomic E-state index is -4.75. The van der Waals surface area contributed by atoms with Crippen LogP contribution in [0.5, 0.6) is 0 Å². The summed E-state index contributed by atoms with van der Waals surface area (Å²) in [6, 6.07) is 0. The summed E-state index contributed by atoms with van der Waals surface area (Å²) in [6.07, 6.45) is 58.4. The molecule has 0 saturated carbocycles. The van der Waals surface area contributed by atoms with Gasteiger partial charge in [0.2, 0.25) is 0 Å². The molecule has 0 spiro atoms. The first-order valence-corrected chi connectivity index (χ1v) is 29.0. The van der Waals surface area contributed by atoms with E-state index in [0.717, 1.165) is 122 Å². The summed E-state index contributed by atoms with van der Waals surface area (Å²) < 4.78 is 39.4. The van der Waals surface area contributed by atoms with Crippen molar-refractivity contribution < 1.29 is 52.2 Å². The Morgan fingerprint density at radius 2 is 0.743 bits per heavy atom. The van der Waals surface area contributed by atoms with Crippen molar-refractivity contribution in [2.45, 2.75) is 238 Å². The summed E-state index contributed by atoms with van der Waals surface area (Å²) in [5.74, 6) is -1.51. The molecule has 0 radical (unpaired) electrons. The number of ether oxygens (including phenoxy) is 3. The van der Waals surface area contributed by atoms with Gasteiger partial charge in [0.25, 0.3) is 0 Å². The Bertz CT molecular complexity index is 1500. The first kappa shape index (κ1) is 66.7. The van der Waals surface area contributed by atoms with Crippen LogP contribution in [-0.2, 0) is 42.2 Å². The highest BCUT2D eigenvalue weighted by Gasteiger charge is 2.28. The van der Waals surface area contributed by atoms with Crippen molar-refractivity contribution in [2.24, 2.45) is 0 Å².